The highest BCUT2D eigenvalue weighted by Gasteiger charge is 2.05. The fraction of sp³-hybridized carbons (Fsp3) is 0.353. The zero-order valence-corrected chi connectivity index (χ0v) is 14.6. The normalized spacial score (nSPS) is 10.2. The van der Waals surface area contributed by atoms with Crippen molar-refractivity contribution in [2.75, 3.05) is 56.4 Å². The number of carbonyl (C=O) groups is 1. The summed E-state index contributed by atoms with van der Waals surface area (Å²) in [5, 5.41) is 14.0. The predicted molar refractivity (Wildman–Crippen MR) is 98.0 cm³/mol. The summed E-state index contributed by atoms with van der Waals surface area (Å²) in [6, 6.07) is 9.41. The third-order valence-electron chi connectivity index (χ3n) is 3.52. The average molecular weight is 328 g/mol. The van der Waals surface area contributed by atoms with Crippen molar-refractivity contribution in [1.29, 1.82) is 0 Å². The van der Waals surface area contributed by atoms with Crippen LogP contribution in [0.3, 0.4) is 0 Å². The Morgan fingerprint density at radius 1 is 1.00 bits per heavy atom. The number of benzene rings is 1. The average Bonchev–Trinajstić information content (AvgIpc) is 2.59. The monoisotopic (exact) mass is 328 g/mol. The quantitative estimate of drug-likeness (QED) is 0.750. The van der Waals surface area contributed by atoms with Crippen molar-refractivity contribution in [3.63, 3.8) is 0 Å². The highest BCUT2D eigenvalue weighted by molar-refractivity contribution is 5.94. The van der Waals surface area contributed by atoms with Crippen LogP contribution < -0.4 is 20.4 Å². The van der Waals surface area contributed by atoms with E-state index < -0.39 is 0 Å². The molecule has 0 atom stereocenters. The second kappa shape index (κ2) is 8.14. The molecule has 24 heavy (non-hydrogen) atoms. The Kier molecular flexibility index (Phi) is 5.95. The van der Waals surface area contributed by atoms with Gasteiger partial charge in [-0.15, -0.1) is 5.10 Å². The molecule has 1 heterocycles. The molecule has 1 amide bonds. The summed E-state index contributed by atoms with van der Waals surface area (Å²) in [6.07, 6.45) is 1.70. The van der Waals surface area contributed by atoms with Gasteiger partial charge in [-0.05, 0) is 24.3 Å². The van der Waals surface area contributed by atoms with Gasteiger partial charge in [-0.3, -0.25) is 4.79 Å². The molecule has 7 heteroatoms. The van der Waals surface area contributed by atoms with Crippen molar-refractivity contribution in [2.24, 2.45) is 0 Å². The fourth-order valence-corrected chi connectivity index (χ4v) is 2.07. The van der Waals surface area contributed by atoms with Gasteiger partial charge in [0.25, 0.3) is 5.91 Å². The molecule has 1 aromatic heterocycles. The lowest BCUT2D eigenvalue weighted by Crippen LogP contribution is -2.29. The highest BCUT2D eigenvalue weighted by atomic mass is 16.1. The zero-order valence-electron chi connectivity index (χ0n) is 14.6. The third kappa shape index (κ3) is 4.84. The Morgan fingerprint density at radius 2 is 1.67 bits per heavy atom. The molecule has 1 aromatic carbocycles. The number of aromatic nitrogens is 2. The molecule has 0 unspecified atom stereocenters. The minimum atomic E-state index is -0.0877. The first-order chi connectivity index (χ1) is 11.5. The topological polar surface area (TPSA) is 73.4 Å². The maximum atomic E-state index is 12.1. The number of rotatable bonds is 7. The lowest BCUT2D eigenvalue weighted by Gasteiger charge is -2.13. The SMILES string of the molecule is CN(C)c1ccc(C(=O)NCCNc2cc(N(C)C)cnn2)cc1. The largest absolute Gasteiger partial charge is 0.378 e. The molecule has 0 radical (unpaired) electrons. The molecule has 0 spiro atoms. The van der Waals surface area contributed by atoms with E-state index in [1.54, 1.807) is 6.20 Å². The summed E-state index contributed by atoms with van der Waals surface area (Å²) in [5.74, 6) is 0.598. The predicted octanol–water partition coefficient (Wildman–Crippen LogP) is 1.45. The van der Waals surface area contributed by atoms with Crippen LogP contribution in [0, 0.1) is 0 Å². The molecule has 2 aromatic rings. The molecule has 0 bridgehead atoms. The van der Waals surface area contributed by atoms with Crippen LogP contribution in [0.5, 0.6) is 0 Å². The summed E-state index contributed by atoms with van der Waals surface area (Å²) in [5.41, 5.74) is 2.68. The van der Waals surface area contributed by atoms with Gasteiger partial charge in [-0.25, -0.2) is 0 Å². The van der Waals surface area contributed by atoms with E-state index in [2.05, 4.69) is 20.8 Å². The number of hydrogen-bond donors (Lipinski definition) is 2. The van der Waals surface area contributed by atoms with Gasteiger partial charge in [-0.2, -0.15) is 5.10 Å². The third-order valence-corrected chi connectivity index (χ3v) is 3.52. The summed E-state index contributed by atoms with van der Waals surface area (Å²) < 4.78 is 0. The summed E-state index contributed by atoms with van der Waals surface area (Å²) in [6.45, 7) is 1.08. The number of nitrogens with one attached hydrogen (secondary N) is 2. The van der Waals surface area contributed by atoms with Gasteiger partial charge in [0, 0.05) is 58.6 Å². The Morgan fingerprint density at radius 3 is 2.29 bits per heavy atom. The number of anilines is 3. The van der Waals surface area contributed by atoms with Gasteiger partial charge in [0.2, 0.25) is 0 Å². The van der Waals surface area contributed by atoms with Crippen LogP contribution in [-0.2, 0) is 0 Å². The number of carbonyl (C=O) groups excluding carboxylic acids is 1. The van der Waals surface area contributed by atoms with E-state index >= 15 is 0 Å². The van der Waals surface area contributed by atoms with Crippen LogP contribution in [0.25, 0.3) is 0 Å². The van der Waals surface area contributed by atoms with Crippen molar-refractivity contribution in [3.8, 4) is 0 Å². The minimum absolute atomic E-state index is 0.0877. The van der Waals surface area contributed by atoms with Crippen LogP contribution in [-0.4, -0.2) is 57.4 Å². The van der Waals surface area contributed by atoms with E-state index in [1.165, 1.54) is 0 Å². The maximum absolute atomic E-state index is 12.1. The lowest BCUT2D eigenvalue weighted by molar-refractivity contribution is 0.0955. The summed E-state index contributed by atoms with van der Waals surface area (Å²) in [4.78, 5) is 16.0. The lowest BCUT2D eigenvalue weighted by atomic mass is 10.2. The molecule has 0 saturated carbocycles. The van der Waals surface area contributed by atoms with Gasteiger partial charge in [-0.1, -0.05) is 0 Å². The molecule has 128 valence electrons. The van der Waals surface area contributed by atoms with Crippen LogP contribution in [0.2, 0.25) is 0 Å². The van der Waals surface area contributed by atoms with E-state index in [0.717, 1.165) is 11.4 Å². The zero-order chi connectivity index (χ0) is 17.5. The first-order valence-electron chi connectivity index (χ1n) is 7.77. The van der Waals surface area contributed by atoms with Crippen LogP contribution in [0.4, 0.5) is 17.2 Å². The molecule has 0 fully saturated rings. The van der Waals surface area contributed by atoms with Crippen LogP contribution in [0.15, 0.2) is 36.5 Å². The highest BCUT2D eigenvalue weighted by Crippen LogP contribution is 2.13. The second-order valence-electron chi connectivity index (χ2n) is 5.82. The van der Waals surface area contributed by atoms with E-state index in [-0.39, 0.29) is 5.91 Å². The number of nitrogens with zero attached hydrogens (tertiary/aromatic N) is 4. The van der Waals surface area contributed by atoms with Gasteiger partial charge >= 0.3 is 0 Å². The first-order valence-corrected chi connectivity index (χ1v) is 7.77. The molecule has 2 rings (SSSR count). The Labute approximate surface area is 142 Å². The Balaban J connectivity index is 1.79. The van der Waals surface area contributed by atoms with E-state index in [0.29, 0.717) is 24.5 Å². The maximum Gasteiger partial charge on any atom is 0.251 e. The van der Waals surface area contributed by atoms with E-state index in [4.69, 9.17) is 0 Å². The van der Waals surface area contributed by atoms with Crippen molar-refractivity contribution in [2.45, 2.75) is 0 Å². The smallest absolute Gasteiger partial charge is 0.251 e. The van der Waals surface area contributed by atoms with E-state index in [1.807, 2.05) is 68.3 Å². The second-order valence-corrected chi connectivity index (χ2v) is 5.82. The Bertz CT molecular complexity index is 669. The van der Waals surface area contributed by atoms with Crippen molar-refractivity contribution in [1.82, 2.24) is 15.5 Å². The molecule has 0 aliphatic heterocycles. The van der Waals surface area contributed by atoms with E-state index in [9.17, 15) is 4.79 Å². The molecular weight excluding hydrogens is 304 g/mol. The molecule has 0 aliphatic rings. The number of hydrogen-bond acceptors (Lipinski definition) is 6. The van der Waals surface area contributed by atoms with Crippen molar-refractivity contribution in [3.05, 3.63) is 42.1 Å². The van der Waals surface area contributed by atoms with Crippen LogP contribution >= 0.6 is 0 Å². The van der Waals surface area contributed by atoms with Gasteiger partial charge in [0.05, 0.1) is 11.9 Å². The van der Waals surface area contributed by atoms with Gasteiger partial charge in [0.15, 0.2) is 5.82 Å². The standard InChI is InChI=1S/C17H24N6O/c1-22(2)14-7-5-13(6-8-14)17(24)19-10-9-18-16-11-15(23(3)4)12-20-21-16/h5-8,11-12H,9-10H2,1-4H3,(H,18,21)(H,19,24). The fourth-order valence-electron chi connectivity index (χ4n) is 2.07. The minimum Gasteiger partial charge on any atom is -0.378 e. The molecule has 0 aliphatic carbocycles. The summed E-state index contributed by atoms with van der Waals surface area (Å²) in [7, 11) is 7.83. The first kappa shape index (κ1) is 17.5. The molecular formula is C17H24N6O. The van der Waals surface area contributed by atoms with Crippen LogP contribution in [0.1, 0.15) is 10.4 Å². The van der Waals surface area contributed by atoms with Crippen molar-refractivity contribution >= 4 is 23.1 Å². The van der Waals surface area contributed by atoms with Crippen molar-refractivity contribution < 1.29 is 4.79 Å². The summed E-state index contributed by atoms with van der Waals surface area (Å²) >= 11 is 0. The molecule has 0 saturated heterocycles. The van der Waals surface area contributed by atoms with Gasteiger partial charge < -0.3 is 20.4 Å². The molecule has 2 N–H and O–H groups in total. The molecule has 7 nitrogen and oxygen atoms in total. The van der Waals surface area contributed by atoms with Gasteiger partial charge in [0.1, 0.15) is 0 Å². The Hall–Kier alpha value is -2.83. The number of amides is 1.